The summed E-state index contributed by atoms with van der Waals surface area (Å²) in [6, 6.07) is 17.6. The maximum absolute atomic E-state index is 12.6. The molecule has 6 heteroatoms. The van der Waals surface area contributed by atoms with Crippen molar-refractivity contribution < 1.29 is 4.79 Å². The van der Waals surface area contributed by atoms with Crippen molar-refractivity contribution in [1.82, 2.24) is 14.9 Å². The molecule has 1 aliphatic heterocycles. The van der Waals surface area contributed by atoms with Gasteiger partial charge in [-0.3, -0.25) is 4.79 Å². The van der Waals surface area contributed by atoms with Crippen LogP contribution in [-0.2, 0) is 11.2 Å². The molecule has 2 heterocycles. The molecule has 1 aromatic heterocycles. The van der Waals surface area contributed by atoms with E-state index in [1.807, 2.05) is 47.4 Å². The zero-order valence-electron chi connectivity index (χ0n) is 16.4. The van der Waals surface area contributed by atoms with Crippen molar-refractivity contribution in [1.29, 1.82) is 0 Å². The number of carbonyl (C=O) groups is 1. The Balaban J connectivity index is 1.38. The van der Waals surface area contributed by atoms with E-state index in [4.69, 9.17) is 16.6 Å². The number of aromatic nitrogens is 2. The second-order valence-electron chi connectivity index (χ2n) is 7.28. The highest BCUT2D eigenvalue weighted by atomic mass is 35.5. The molecule has 5 nitrogen and oxygen atoms in total. The van der Waals surface area contributed by atoms with Crippen LogP contribution in [0.4, 0.5) is 5.82 Å². The Kier molecular flexibility index (Phi) is 5.76. The van der Waals surface area contributed by atoms with E-state index in [9.17, 15) is 4.79 Å². The minimum Gasteiger partial charge on any atom is -0.353 e. The molecule has 148 valence electrons. The Morgan fingerprint density at radius 3 is 2.34 bits per heavy atom. The number of hydrogen-bond donors (Lipinski definition) is 0. The van der Waals surface area contributed by atoms with Gasteiger partial charge in [0.25, 0.3) is 0 Å². The predicted octanol–water partition coefficient (Wildman–Crippen LogP) is 4.00. The van der Waals surface area contributed by atoms with Crippen molar-refractivity contribution in [3.05, 3.63) is 76.9 Å². The fourth-order valence-electron chi connectivity index (χ4n) is 3.44. The largest absolute Gasteiger partial charge is 0.353 e. The first-order valence-corrected chi connectivity index (χ1v) is 10.1. The van der Waals surface area contributed by atoms with Gasteiger partial charge in [-0.2, -0.15) is 0 Å². The number of nitrogens with zero attached hydrogens (tertiary/aromatic N) is 4. The standard InChI is InChI=1S/C23H23ClN4O/c1-17-2-6-19(7-3-17)23-25-11-10-21(26-23)27-12-14-28(15-13-27)22(29)16-18-4-8-20(24)9-5-18/h2-11H,12-16H2,1H3. The van der Waals surface area contributed by atoms with Crippen LogP contribution < -0.4 is 4.90 Å². The van der Waals surface area contributed by atoms with Crippen LogP contribution in [0, 0.1) is 6.92 Å². The second kappa shape index (κ2) is 8.62. The molecule has 1 saturated heterocycles. The average molecular weight is 407 g/mol. The normalized spacial score (nSPS) is 14.1. The second-order valence-corrected chi connectivity index (χ2v) is 7.71. The Morgan fingerprint density at radius 1 is 0.966 bits per heavy atom. The van der Waals surface area contributed by atoms with Crippen LogP contribution >= 0.6 is 11.6 Å². The van der Waals surface area contributed by atoms with Crippen molar-refractivity contribution in [2.45, 2.75) is 13.3 Å². The Hall–Kier alpha value is -2.92. The summed E-state index contributed by atoms with van der Waals surface area (Å²) in [7, 11) is 0. The van der Waals surface area contributed by atoms with E-state index in [0.717, 1.165) is 35.9 Å². The molecule has 29 heavy (non-hydrogen) atoms. The summed E-state index contributed by atoms with van der Waals surface area (Å²) >= 11 is 5.92. The first-order chi connectivity index (χ1) is 14.1. The van der Waals surface area contributed by atoms with Crippen molar-refractivity contribution in [2.24, 2.45) is 0 Å². The zero-order chi connectivity index (χ0) is 20.2. The third-order valence-corrected chi connectivity index (χ3v) is 5.43. The van der Waals surface area contributed by atoms with E-state index < -0.39 is 0 Å². The minimum absolute atomic E-state index is 0.148. The van der Waals surface area contributed by atoms with E-state index in [-0.39, 0.29) is 5.91 Å². The summed E-state index contributed by atoms with van der Waals surface area (Å²) in [5.41, 5.74) is 3.21. The van der Waals surface area contributed by atoms with Crippen LogP contribution in [0.15, 0.2) is 60.8 Å². The van der Waals surface area contributed by atoms with Gasteiger partial charge in [-0.15, -0.1) is 0 Å². The topological polar surface area (TPSA) is 49.3 Å². The number of rotatable bonds is 4. The Bertz CT molecular complexity index is 981. The number of anilines is 1. The quantitative estimate of drug-likeness (QED) is 0.657. The molecule has 0 bridgehead atoms. The van der Waals surface area contributed by atoms with Crippen LogP contribution in [0.1, 0.15) is 11.1 Å². The van der Waals surface area contributed by atoms with Gasteiger partial charge in [0.1, 0.15) is 5.82 Å². The fourth-order valence-corrected chi connectivity index (χ4v) is 3.57. The molecule has 0 saturated carbocycles. The highest BCUT2D eigenvalue weighted by Crippen LogP contribution is 2.20. The summed E-state index contributed by atoms with van der Waals surface area (Å²) < 4.78 is 0. The van der Waals surface area contributed by atoms with E-state index in [0.29, 0.717) is 24.5 Å². The van der Waals surface area contributed by atoms with Crippen LogP contribution in [-0.4, -0.2) is 47.0 Å². The molecule has 0 atom stereocenters. The molecule has 0 radical (unpaired) electrons. The Morgan fingerprint density at radius 2 is 1.66 bits per heavy atom. The third-order valence-electron chi connectivity index (χ3n) is 5.18. The van der Waals surface area contributed by atoms with Crippen molar-refractivity contribution >= 4 is 23.3 Å². The lowest BCUT2D eigenvalue weighted by Gasteiger charge is -2.35. The number of amides is 1. The zero-order valence-corrected chi connectivity index (χ0v) is 17.1. The van der Waals surface area contributed by atoms with Crippen molar-refractivity contribution in [3.8, 4) is 11.4 Å². The van der Waals surface area contributed by atoms with Gasteiger partial charge in [0, 0.05) is 43.0 Å². The predicted molar refractivity (Wildman–Crippen MR) is 116 cm³/mol. The molecular formula is C23H23ClN4O. The van der Waals surface area contributed by atoms with Gasteiger partial charge in [0.05, 0.1) is 6.42 Å². The van der Waals surface area contributed by atoms with Crippen LogP contribution in [0.25, 0.3) is 11.4 Å². The van der Waals surface area contributed by atoms with Crippen LogP contribution in [0.2, 0.25) is 5.02 Å². The number of halogens is 1. The van der Waals surface area contributed by atoms with E-state index in [1.54, 1.807) is 6.20 Å². The first kappa shape index (κ1) is 19.4. The van der Waals surface area contributed by atoms with Gasteiger partial charge in [-0.1, -0.05) is 53.6 Å². The molecule has 1 amide bonds. The molecular weight excluding hydrogens is 384 g/mol. The molecule has 3 aromatic rings. The van der Waals surface area contributed by atoms with Gasteiger partial charge in [-0.05, 0) is 30.7 Å². The SMILES string of the molecule is Cc1ccc(-c2nccc(N3CCN(C(=O)Cc4ccc(Cl)cc4)CC3)n2)cc1. The molecule has 0 spiro atoms. The number of aryl methyl sites for hydroxylation is 1. The van der Waals surface area contributed by atoms with E-state index >= 15 is 0 Å². The third kappa shape index (κ3) is 4.74. The maximum atomic E-state index is 12.6. The molecule has 1 aliphatic rings. The molecule has 0 N–H and O–H groups in total. The molecule has 2 aromatic carbocycles. The number of benzene rings is 2. The van der Waals surface area contributed by atoms with Crippen LogP contribution in [0.5, 0.6) is 0 Å². The summed E-state index contributed by atoms with van der Waals surface area (Å²) in [6.45, 7) is 4.97. The molecule has 0 unspecified atom stereocenters. The molecule has 0 aliphatic carbocycles. The summed E-state index contributed by atoms with van der Waals surface area (Å²) in [5, 5.41) is 0.685. The van der Waals surface area contributed by atoms with Crippen LogP contribution in [0.3, 0.4) is 0 Å². The van der Waals surface area contributed by atoms with Gasteiger partial charge >= 0.3 is 0 Å². The van der Waals surface area contributed by atoms with Gasteiger partial charge < -0.3 is 9.80 Å². The maximum Gasteiger partial charge on any atom is 0.227 e. The van der Waals surface area contributed by atoms with Gasteiger partial charge in [0.15, 0.2) is 5.82 Å². The summed E-state index contributed by atoms with van der Waals surface area (Å²) in [6.07, 6.45) is 2.21. The number of hydrogen-bond acceptors (Lipinski definition) is 4. The van der Waals surface area contributed by atoms with Crippen molar-refractivity contribution in [2.75, 3.05) is 31.1 Å². The van der Waals surface area contributed by atoms with Gasteiger partial charge in [-0.25, -0.2) is 9.97 Å². The number of piperazine rings is 1. The highest BCUT2D eigenvalue weighted by molar-refractivity contribution is 6.30. The van der Waals surface area contributed by atoms with Crippen molar-refractivity contribution in [3.63, 3.8) is 0 Å². The molecule has 1 fully saturated rings. The highest BCUT2D eigenvalue weighted by Gasteiger charge is 2.22. The Labute approximate surface area is 176 Å². The first-order valence-electron chi connectivity index (χ1n) is 9.76. The lowest BCUT2D eigenvalue weighted by Crippen LogP contribution is -2.49. The minimum atomic E-state index is 0.148. The lowest BCUT2D eigenvalue weighted by molar-refractivity contribution is -0.130. The summed E-state index contributed by atoms with van der Waals surface area (Å²) in [4.78, 5) is 25.9. The summed E-state index contributed by atoms with van der Waals surface area (Å²) in [5.74, 6) is 1.78. The number of carbonyl (C=O) groups excluding carboxylic acids is 1. The fraction of sp³-hybridized carbons (Fsp3) is 0.261. The van der Waals surface area contributed by atoms with E-state index in [2.05, 4.69) is 28.9 Å². The van der Waals surface area contributed by atoms with E-state index in [1.165, 1.54) is 5.56 Å². The molecule has 4 rings (SSSR count). The monoisotopic (exact) mass is 406 g/mol. The van der Waals surface area contributed by atoms with Gasteiger partial charge in [0.2, 0.25) is 5.91 Å². The average Bonchev–Trinajstić information content (AvgIpc) is 2.76. The lowest BCUT2D eigenvalue weighted by atomic mass is 10.1. The smallest absolute Gasteiger partial charge is 0.227 e.